The number of carbonyl (C=O) groups excluding carboxylic acids is 1. The van der Waals surface area contributed by atoms with E-state index < -0.39 is 0 Å². The van der Waals surface area contributed by atoms with Gasteiger partial charge >= 0.3 is 0 Å². The minimum Gasteiger partial charge on any atom is -0.486 e. The Bertz CT molecular complexity index is 1160. The monoisotopic (exact) mass is 403 g/mol. The van der Waals surface area contributed by atoms with Gasteiger partial charge in [0.15, 0.2) is 5.76 Å². The smallest absolute Gasteiger partial charge is 0.293 e. The number of ether oxygens (including phenoxy) is 1. The molecular formula is C24H25N3O3. The summed E-state index contributed by atoms with van der Waals surface area (Å²) in [5.41, 5.74) is 3.06. The molecule has 0 aliphatic heterocycles. The number of hydrogen-bond donors (Lipinski definition) is 1. The summed E-state index contributed by atoms with van der Waals surface area (Å²) in [7, 11) is 1.86. The first-order valence-electron chi connectivity index (χ1n) is 10.1. The van der Waals surface area contributed by atoms with Crippen molar-refractivity contribution in [2.45, 2.75) is 32.8 Å². The van der Waals surface area contributed by atoms with E-state index in [1.54, 1.807) is 12.1 Å². The lowest BCUT2D eigenvalue weighted by Gasteiger charge is -2.10. The highest BCUT2D eigenvalue weighted by molar-refractivity contribution is 6.02. The van der Waals surface area contributed by atoms with Gasteiger partial charge in [-0.15, -0.1) is 0 Å². The van der Waals surface area contributed by atoms with Gasteiger partial charge < -0.3 is 13.7 Å². The van der Waals surface area contributed by atoms with Crippen molar-refractivity contribution in [2.24, 2.45) is 7.05 Å². The molecule has 4 aromatic rings. The number of fused-ring (bicyclic) bond motifs is 1. The van der Waals surface area contributed by atoms with E-state index in [1.165, 1.54) is 5.56 Å². The highest BCUT2D eigenvalue weighted by atomic mass is 16.5. The molecule has 30 heavy (non-hydrogen) atoms. The Morgan fingerprint density at radius 1 is 1.13 bits per heavy atom. The van der Waals surface area contributed by atoms with E-state index in [2.05, 4.69) is 36.3 Å². The van der Waals surface area contributed by atoms with Gasteiger partial charge in [-0.25, -0.2) is 4.98 Å². The van der Waals surface area contributed by atoms with Crippen molar-refractivity contribution in [1.29, 1.82) is 0 Å². The number of imidazole rings is 1. The number of aryl methyl sites for hydroxylation is 1. The molecule has 2 heterocycles. The van der Waals surface area contributed by atoms with Crippen molar-refractivity contribution in [3.8, 4) is 5.75 Å². The molecule has 0 fully saturated rings. The highest BCUT2D eigenvalue weighted by Gasteiger charge is 2.15. The minimum atomic E-state index is -0.349. The van der Waals surface area contributed by atoms with Crippen molar-refractivity contribution < 1.29 is 13.9 Å². The average Bonchev–Trinajstić information content (AvgIpc) is 3.37. The molecule has 6 heteroatoms. The summed E-state index contributed by atoms with van der Waals surface area (Å²) >= 11 is 0. The van der Waals surface area contributed by atoms with Gasteiger partial charge in [-0.3, -0.25) is 10.1 Å². The van der Waals surface area contributed by atoms with E-state index in [0.29, 0.717) is 17.6 Å². The fourth-order valence-electron chi connectivity index (χ4n) is 3.28. The molecule has 0 aliphatic rings. The van der Waals surface area contributed by atoms with Crippen molar-refractivity contribution >= 4 is 22.9 Å². The molecule has 0 saturated carbocycles. The molecule has 2 aromatic carbocycles. The van der Waals surface area contributed by atoms with E-state index in [9.17, 15) is 4.79 Å². The zero-order valence-electron chi connectivity index (χ0n) is 17.4. The second kappa shape index (κ2) is 8.45. The van der Waals surface area contributed by atoms with E-state index in [0.717, 1.165) is 23.2 Å². The van der Waals surface area contributed by atoms with Gasteiger partial charge in [-0.2, -0.15) is 0 Å². The summed E-state index contributed by atoms with van der Waals surface area (Å²) in [4.78, 5) is 17.0. The molecule has 154 valence electrons. The number of nitrogens with one attached hydrogen (secondary N) is 1. The lowest BCUT2D eigenvalue weighted by molar-refractivity contribution is 0.0991. The number of benzene rings is 2. The molecular weight excluding hydrogens is 378 g/mol. The lowest BCUT2D eigenvalue weighted by Crippen LogP contribution is -2.14. The Kier molecular flexibility index (Phi) is 5.57. The van der Waals surface area contributed by atoms with Crippen molar-refractivity contribution in [3.05, 3.63) is 77.7 Å². The van der Waals surface area contributed by atoms with E-state index in [-0.39, 0.29) is 18.3 Å². The topological polar surface area (TPSA) is 69.3 Å². The summed E-state index contributed by atoms with van der Waals surface area (Å²) in [6.07, 6.45) is 1.10. The van der Waals surface area contributed by atoms with Crippen molar-refractivity contribution in [3.63, 3.8) is 0 Å². The van der Waals surface area contributed by atoms with Crippen LogP contribution in [0.1, 0.15) is 48.1 Å². The maximum Gasteiger partial charge on any atom is 0.293 e. The number of amides is 1. The molecule has 6 nitrogen and oxygen atoms in total. The molecule has 1 N–H and O–H groups in total. The first kappa shape index (κ1) is 19.8. The number of para-hydroxylation sites is 2. The van der Waals surface area contributed by atoms with E-state index in [4.69, 9.17) is 9.15 Å². The Morgan fingerprint density at radius 2 is 1.90 bits per heavy atom. The molecule has 0 bridgehead atoms. The molecule has 4 rings (SSSR count). The number of anilines is 1. The van der Waals surface area contributed by atoms with Crippen LogP contribution >= 0.6 is 0 Å². The third-order valence-electron chi connectivity index (χ3n) is 5.34. The van der Waals surface area contributed by atoms with Gasteiger partial charge in [0.05, 0.1) is 11.0 Å². The highest BCUT2D eigenvalue weighted by Crippen LogP contribution is 2.23. The van der Waals surface area contributed by atoms with Crippen LogP contribution in [0.4, 0.5) is 5.95 Å². The van der Waals surface area contributed by atoms with Gasteiger partial charge in [0.1, 0.15) is 18.1 Å². The third-order valence-corrected chi connectivity index (χ3v) is 5.34. The predicted octanol–water partition coefficient (Wildman–Crippen LogP) is 5.51. The molecule has 2 aromatic heterocycles. The van der Waals surface area contributed by atoms with Gasteiger partial charge in [0, 0.05) is 7.05 Å². The maximum absolute atomic E-state index is 12.6. The molecule has 0 aliphatic carbocycles. The standard InChI is InChI=1S/C24H25N3O3/c1-4-16(2)17-9-11-18(12-10-17)29-15-19-13-14-22(30-19)23(28)26-24-25-20-7-5-6-8-21(20)27(24)3/h5-14,16H,4,15H2,1-3H3,(H,25,26,28). The number of furan rings is 1. The summed E-state index contributed by atoms with van der Waals surface area (Å²) in [6.45, 7) is 4.64. The fourth-order valence-corrected chi connectivity index (χ4v) is 3.28. The summed E-state index contributed by atoms with van der Waals surface area (Å²) in [5.74, 6) is 2.21. The van der Waals surface area contributed by atoms with Gasteiger partial charge in [0.25, 0.3) is 5.91 Å². The number of rotatable bonds is 7. The molecule has 0 spiro atoms. The Balaban J connectivity index is 1.38. The summed E-state index contributed by atoms with van der Waals surface area (Å²) in [5, 5.41) is 2.80. The van der Waals surface area contributed by atoms with Crippen LogP contribution in [0.15, 0.2) is 65.1 Å². The second-order valence-electron chi connectivity index (χ2n) is 7.37. The molecule has 0 radical (unpaired) electrons. The average molecular weight is 403 g/mol. The Morgan fingerprint density at radius 3 is 2.63 bits per heavy atom. The largest absolute Gasteiger partial charge is 0.486 e. The second-order valence-corrected chi connectivity index (χ2v) is 7.37. The van der Waals surface area contributed by atoms with E-state index >= 15 is 0 Å². The van der Waals surface area contributed by atoms with Crippen molar-refractivity contribution in [2.75, 3.05) is 5.32 Å². The van der Waals surface area contributed by atoms with Gasteiger partial charge in [0.2, 0.25) is 5.95 Å². The zero-order valence-corrected chi connectivity index (χ0v) is 17.4. The van der Waals surface area contributed by atoms with Crippen LogP contribution in [0.3, 0.4) is 0 Å². The summed E-state index contributed by atoms with van der Waals surface area (Å²) < 4.78 is 13.3. The van der Waals surface area contributed by atoms with Crippen LogP contribution in [-0.4, -0.2) is 15.5 Å². The van der Waals surface area contributed by atoms with Crippen LogP contribution in [0, 0.1) is 0 Å². The third kappa shape index (κ3) is 4.08. The molecule has 1 amide bonds. The van der Waals surface area contributed by atoms with Gasteiger partial charge in [-0.1, -0.05) is 38.1 Å². The molecule has 1 unspecified atom stereocenters. The van der Waals surface area contributed by atoms with E-state index in [1.807, 2.05) is 48.0 Å². The van der Waals surface area contributed by atoms with Crippen LogP contribution in [-0.2, 0) is 13.7 Å². The lowest BCUT2D eigenvalue weighted by atomic mass is 9.99. The number of carbonyl (C=O) groups is 1. The maximum atomic E-state index is 12.6. The van der Waals surface area contributed by atoms with Crippen LogP contribution in [0.5, 0.6) is 5.75 Å². The van der Waals surface area contributed by atoms with Crippen LogP contribution < -0.4 is 10.1 Å². The zero-order chi connectivity index (χ0) is 21.1. The van der Waals surface area contributed by atoms with Crippen molar-refractivity contribution in [1.82, 2.24) is 9.55 Å². The number of aromatic nitrogens is 2. The quantitative estimate of drug-likeness (QED) is 0.442. The number of hydrogen-bond acceptors (Lipinski definition) is 4. The first-order chi connectivity index (χ1) is 14.5. The predicted molar refractivity (Wildman–Crippen MR) is 117 cm³/mol. The first-order valence-corrected chi connectivity index (χ1v) is 10.1. The summed E-state index contributed by atoms with van der Waals surface area (Å²) in [6, 6.07) is 19.2. The fraction of sp³-hybridized carbons (Fsp3) is 0.250. The van der Waals surface area contributed by atoms with Gasteiger partial charge in [-0.05, 0) is 54.3 Å². The normalized spacial score (nSPS) is 12.1. The minimum absolute atomic E-state index is 0.216. The molecule has 1 atom stereocenters. The van der Waals surface area contributed by atoms with Crippen LogP contribution in [0.25, 0.3) is 11.0 Å². The Hall–Kier alpha value is -3.54. The van der Waals surface area contributed by atoms with Crippen LogP contribution in [0.2, 0.25) is 0 Å². The number of nitrogens with zero attached hydrogens (tertiary/aromatic N) is 2. The molecule has 0 saturated heterocycles. The SMILES string of the molecule is CCC(C)c1ccc(OCc2ccc(C(=O)Nc3nc4ccccc4n3C)o2)cc1. The Labute approximate surface area is 175 Å².